The number of nitrogen functional groups attached to an aromatic ring is 1. The molecule has 5 nitrogen and oxygen atoms in total. The number of ether oxygens (including phenoxy) is 1. The number of nitro groups is 1. The molecule has 0 radical (unpaired) electrons. The molecule has 5 heteroatoms. The highest BCUT2D eigenvalue weighted by Gasteiger charge is 2.12. The van der Waals surface area contributed by atoms with E-state index >= 15 is 0 Å². The first-order valence-corrected chi connectivity index (χ1v) is 5.76. The van der Waals surface area contributed by atoms with Crippen molar-refractivity contribution in [3.05, 3.63) is 57.6 Å². The van der Waals surface area contributed by atoms with E-state index in [-0.39, 0.29) is 11.4 Å². The summed E-state index contributed by atoms with van der Waals surface area (Å²) in [5.74, 6) is 1.20. The van der Waals surface area contributed by atoms with Crippen molar-refractivity contribution in [2.75, 3.05) is 5.73 Å². The number of nitrogens with zero attached hydrogens (tertiary/aromatic N) is 1. The van der Waals surface area contributed by atoms with Crippen LogP contribution < -0.4 is 10.5 Å². The van der Waals surface area contributed by atoms with Gasteiger partial charge >= 0.3 is 0 Å². The summed E-state index contributed by atoms with van der Waals surface area (Å²) < 4.78 is 5.70. The molecule has 19 heavy (non-hydrogen) atoms. The Hall–Kier alpha value is -2.56. The Morgan fingerprint density at radius 2 is 1.89 bits per heavy atom. The van der Waals surface area contributed by atoms with Gasteiger partial charge in [-0.3, -0.25) is 10.1 Å². The van der Waals surface area contributed by atoms with Crippen molar-refractivity contribution in [3.63, 3.8) is 0 Å². The molecule has 0 spiro atoms. The zero-order valence-electron chi connectivity index (χ0n) is 10.7. The number of nitrogens with two attached hydrogens (primary N) is 1. The van der Waals surface area contributed by atoms with Crippen molar-refractivity contribution in [3.8, 4) is 11.5 Å². The van der Waals surface area contributed by atoms with Crippen LogP contribution in [0.4, 0.5) is 11.4 Å². The Kier molecular flexibility index (Phi) is 3.37. The molecule has 0 aliphatic carbocycles. The number of aryl methyl sites for hydroxylation is 2. The van der Waals surface area contributed by atoms with Crippen LogP contribution in [-0.2, 0) is 0 Å². The van der Waals surface area contributed by atoms with Gasteiger partial charge in [-0.15, -0.1) is 0 Å². The molecule has 0 atom stereocenters. The molecule has 0 bridgehead atoms. The van der Waals surface area contributed by atoms with Crippen LogP contribution in [0.3, 0.4) is 0 Å². The SMILES string of the molecule is Cc1ccc(C)c(Oc2ccc([N+](=O)[O-])c(N)c2)c1. The fourth-order valence-corrected chi connectivity index (χ4v) is 1.71. The van der Waals surface area contributed by atoms with Gasteiger partial charge < -0.3 is 10.5 Å². The maximum absolute atomic E-state index is 10.7. The second kappa shape index (κ2) is 4.97. The highest BCUT2D eigenvalue weighted by Crippen LogP contribution is 2.31. The minimum atomic E-state index is -0.517. The second-order valence-corrected chi connectivity index (χ2v) is 4.35. The van der Waals surface area contributed by atoms with Crippen molar-refractivity contribution >= 4 is 11.4 Å². The fraction of sp³-hybridized carbons (Fsp3) is 0.143. The van der Waals surface area contributed by atoms with Crippen LogP contribution in [0.1, 0.15) is 11.1 Å². The molecule has 0 saturated heterocycles. The van der Waals surface area contributed by atoms with E-state index in [1.165, 1.54) is 18.2 Å². The summed E-state index contributed by atoms with van der Waals surface area (Å²) in [4.78, 5) is 10.2. The summed E-state index contributed by atoms with van der Waals surface area (Å²) in [6.45, 7) is 3.90. The first-order valence-electron chi connectivity index (χ1n) is 5.76. The number of anilines is 1. The second-order valence-electron chi connectivity index (χ2n) is 4.35. The zero-order valence-corrected chi connectivity index (χ0v) is 10.7. The summed E-state index contributed by atoms with van der Waals surface area (Å²) in [6, 6.07) is 10.2. The van der Waals surface area contributed by atoms with Gasteiger partial charge in [0.25, 0.3) is 5.69 Å². The third kappa shape index (κ3) is 2.82. The number of hydrogen-bond donors (Lipinski definition) is 1. The van der Waals surface area contributed by atoms with Crippen LogP contribution >= 0.6 is 0 Å². The molecule has 0 aliphatic rings. The Bertz CT molecular complexity index is 639. The van der Waals surface area contributed by atoms with E-state index in [1.807, 2.05) is 32.0 Å². The van der Waals surface area contributed by atoms with Crippen LogP contribution in [0.15, 0.2) is 36.4 Å². The molecule has 2 aromatic carbocycles. The Balaban J connectivity index is 2.31. The van der Waals surface area contributed by atoms with E-state index in [0.29, 0.717) is 11.5 Å². The lowest BCUT2D eigenvalue weighted by molar-refractivity contribution is -0.383. The van der Waals surface area contributed by atoms with Gasteiger partial charge in [0.05, 0.1) is 4.92 Å². The van der Waals surface area contributed by atoms with Crippen LogP contribution in [0.25, 0.3) is 0 Å². The van der Waals surface area contributed by atoms with E-state index in [0.717, 1.165) is 11.1 Å². The van der Waals surface area contributed by atoms with Gasteiger partial charge in [-0.05, 0) is 37.1 Å². The summed E-state index contributed by atoms with van der Waals surface area (Å²) in [5, 5.41) is 10.7. The monoisotopic (exact) mass is 258 g/mol. The van der Waals surface area contributed by atoms with Crippen molar-refractivity contribution in [2.24, 2.45) is 0 Å². The number of hydrogen-bond acceptors (Lipinski definition) is 4. The molecule has 0 aliphatic heterocycles. The summed E-state index contributed by atoms with van der Waals surface area (Å²) >= 11 is 0. The van der Waals surface area contributed by atoms with Gasteiger partial charge in [0.1, 0.15) is 17.2 Å². The van der Waals surface area contributed by atoms with Crippen LogP contribution in [-0.4, -0.2) is 4.92 Å². The molecule has 0 saturated carbocycles. The maximum atomic E-state index is 10.7. The van der Waals surface area contributed by atoms with Gasteiger partial charge in [-0.1, -0.05) is 12.1 Å². The quantitative estimate of drug-likeness (QED) is 0.518. The fourth-order valence-electron chi connectivity index (χ4n) is 1.71. The topological polar surface area (TPSA) is 78.4 Å². The van der Waals surface area contributed by atoms with Gasteiger partial charge in [-0.25, -0.2) is 0 Å². The molecule has 0 fully saturated rings. The van der Waals surface area contributed by atoms with E-state index in [9.17, 15) is 10.1 Å². The summed E-state index contributed by atoms with van der Waals surface area (Å²) in [5.41, 5.74) is 7.66. The molecule has 0 aromatic heterocycles. The number of benzene rings is 2. The smallest absolute Gasteiger partial charge is 0.292 e. The first kappa shape index (κ1) is 12.9. The van der Waals surface area contributed by atoms with E-state index in [2.05, 4.69) is 0 Å². The normalized spacial score (nSPS) is 10.2. The maximum Gasteiger partial charge on any atom is 0.292 e. The standard InChI is InChI=1S/C14H14N2O3/c1-9-3-4-10(2)14(7-9)19-11-5-6-13(16(17)18)12(15)8-11/h3-8H,15H2,1-2H3. The zero-order chi connectivity index (χ0) is 14.0. The van der Waals surface area contributed by atoms with E-state index in [4.69, 9.17) is 10.5 Å². The largest absolute Gasteiger partial charge is 0.457 e. The molecule has 0 amide bonds. The molecule has 98 valence electrons. The van der Waals surface area contributed by atoms with Crippen molar-refractivity contribution in [1.82, 2.24) is 0 Å². The third-order valence-corrected chi connectivity index (χ3v) is 2.77. The van der Waals surface area contributed by atoms with Crippen LogP contribution in [0, 0.1) is 24.0 Å². The molecular formula is C14H14N2O3. The van der Waals surface area contributed by atoms with Gasteiger partial charge in [0.15, 0.2) is 0 Å². The molecule has 0 unspecified atom stereocenters. The van der Waals surface area contributed by atoms with Crippen LogP contribution in [0.5, 0.6) is 11.5 Å². The molecular weight excluding hydrogens is 244 g/mol. The van der Waals surface area contributed by atoms with Gasteiger partial charge in [-0.2, -0.15) is 0 Å². The summed E-state index contributed by atoms with van der Waals surface area (Å²) in [7, 11) is 0. The lowest BCUT2D eigenvalue weighted by atomic mass is 10.1. The number of nitro benzene ring substituents is 1. The minimum Gasteiger partial charge on any atom is -0.457 e. The molecule has 2 N–H and O–H groups in total. The Labute approximate surface area is 110 Å². The number of rotatable bonds is 3. The van der Waals surface area contributed by atoms with Crippen LogP contribution in [0.2, 0.25) is 0 Å². The van der Waals surface area contributed by atoms with Gasteiger partial charge in [0, 0.05) is 12.1 Å². The average molecular weight is 258 g/mol. The van der Waals surface area contributed by atoms with E-state index < -0.39 is 4.92 Å². The highest BCUT2D eigenvalue weighted by molar-refractivity contribution is 5.61. The predicted molar refractivity (Wildman–Crippen MR) is 73.5 cm³/mol. The summed E-state index contributed by atoms with van der Waals surface area (Å²) in [6.07, 6.45) is 0. The average Bonchev–Trinajstić information content (AvgIpc) is 2.33. The first-order chi connectivity index (χ1) is 8.97. The lowest BCUT2D eigenvalue weighted by Gasteiger charge is -2.10. The molecule has 2 rings (SSSR count). The Morgan fingerprint density at radius 3 is 2.53 bits per heavy atom. The lowest BCUT2D eigenvalue weighted by Crippen LogP contribution is -1.96. The molecule has 2 aromatic rings. The molecule has 0 heterocycles. The van der Waals surface area contributed by atoms with Crippen molar-refractivity contribution < 1.29 is 9.66 Å². The third-order valence-electron chi connectivity index (χ3n) is 2.77. The Morgan fingerprint density at radius 1 is 1.16 bits per heavy atom. The predicted octanol–water partition coefficient (Wildman–Crippen LogP) is 3.59. The van der Waals surface area contributed by atoms with Crippen molar-refractivity contribution in [2.45, 2.75) is 13.8 Å². The van der Waals surface area contributed by atoms with Crippen molar-refractivity contribution in [1.29, 1.82) is 0 Å². The highest BCUT2D eigenvalue weighted by atomic mass is 16.6. The van der Waals surface area contributed by atoms with E-state index in [1.54, 1.807) is 0 Å². The minimum absolute atomic E-state index is 0.0906. The van der Waals surface area contributed by atoms with Gasteiger partial charge in [0.2, 0.25) is 0 Å².